The lowest BCUT2D eigenvalue weighted by Crippen LogP contribution is -2.17. The lowest BCUT2D eigenvalue weighted by atomic mass is 10.1. The van der Waals surface area contributed by atoms with Crippen molar-refractivity contribution in [2.75, 3.05) is 0 Å². The van der Waals surface area contributed by atoms with Crippen molar-refractivity contribution in [1.82, 2.24) is 19.9 Å². The lowest BCUT2D eigenvalue weighted by Gasteiger charge is -2.01. The van der Waals surface area contributed by atoms with Gasteiger partial charge < -0.3 is 4.42 Å². The normalized spacial score (nSPS) is 15.7. The third kappa shape index (κ3) is 2.85. The number of imide groups is 1. The first kappa shape index (κ1) is 17.0. The number of nitrogens with zero attached hydrogens (tertiary/aromatic N) is 3. The Hall–Kier alpha value is -3.17. The molecule has 1 N–H and O–H groups in total. The molecule has 5 rings (SSSR count). The minimum absolute atomic E-state index is 0.313. The van der Waals surface area contributed by atoms with E-state index in [4.69, 9.17) is 9.40 Å². The summed E-state index contributed by atoms with van der Waals surface area (Å²) in [5, 5.41) is 7.19. The highest BCUT2D eigenvalue weighted by atomic mass is 32.2. The fourth-order valence-corrected chi connectivity index (χ4v) is 4.39. The molecule has 1 aliphatic heterocycles. The minimum atomic E-state index is -0.415. The molecule has 7 nitrogen and oxygen atoms in total. The number of aromatic nitrogens is 3. The highest BCUT2D eigenvalue weighted by molar-refractivity contribution is 8.18. The number of rotatable bonds is 3. The first-order valence-corrected chi connectivity index (χ1v) is 9.97. The number of carbonyl (C=O) groups is 2. The summed E-state index contributed by atoms with van der Waals surface area (Å²) in [6, 6.07) is 11.6. The predicted octanol–water partition coefficient (Wildman–Crippen LogP) is 4.35. The van der Waals surface area contributed by atoms with Crippen molar-refractivity contribution in [1.29, 1.82) is 0 Å². The van der Waals surface area contributed by atoms with Gasteiger partial charge in [-0.2, -0.15) is 5.10 Å². The molecule has 138 valence electrons. The first-order valence-electron chi connectivity index (χ1n) is 8.34. The molecule has 4 heterocycles. The summed E-state index contributed by atoms with van der Waals surface area (Å²) in [6.07, 6.45) is 3.25. The highest BCUT2D eigenvalue weighted by Gasteiger charge is 2.27. The van der Waals surface area contributed by atoms with E-state index in [2.05, 4.69) is 10.4 Å². The molecule has 0 aliphatic carbocycles. The van der Waals surface area contributed by atoms with Crippen LogP contribution < -0.4 is 5.32 Å². The zero-order valence-corrected chi connectivity index (χ0v) is 16.1. The Labute approximate surface area is 167 Å². The van der Waals surface area contributed by atoms with Gasteiger partial charge in [-0.1, -0.05) is 41.2 Å². The third-order valence-electron chi connectivity index (χ3n) is 4.21. The minimum Gasteiger partial charge on any atom is -0.462 e. The van der Waals surface area contributed by atoms with Crippen LogP contribution in [0.15, 0.2) is 52.0 Å². The molecule has 1 aliphatic rings. The number of imidazole rings is 1. The molecule has 1 aromatic carbocycles. The molecule has 0 bridgehead atoms. The second-order valence-corrected chi connectivity index (χ2v) is 8.11. The van der Waals surface area contributed by atoms with Crippen LogP contribution in [-0.4, -0.2) is 25.7 Å². The molecule has 0 saturated carbocycles. The molecule has 1 saturated heterocycles. The van der Waals surface area contributed by atoms with Crippen LogP contribution in [0.2, 0.25) is 0 Å². The molecule has 9 heteroatoms. The van der Waals surface area contributed by atoms with Gasteiger partial charge in [-0.3, -0.25) is 14.9 Å². The number of benzene rings is 1. The van der Waals surface area contributed by atoms with Crippen LogP contribution in [0.25, 0.3) is 33.1 Å². The van der Waals surface area contributed by atoms with Crippen molar-refractivity contribution in [2.45, 2.75) is 6.92 Å². The predicted molar refractivity (Wildman–Crippen MR) is 108 cm³/mol. The molecule has 2 amide bonds. The van der Waals surface area contributed by atoms with Crippen LogP contribution in [-0.2, 0) is 4.79 Å². The smallest absolute Gasteiger partial charge is 0.290 e. The summed E-state index contributed by atoms with van der Waals surface area (Å²) in [4.78, 5) is 29.3. The fourth-order valence-electron chi connectivity index (χ4n) is 2.86. The van der Waals surface area contributed by atoms with Gasteiger partial charge in [-0.25, -0.2) is 9.50 Å². The van der Waals surface area contributed by atoms with Crippen LogP contribution >= 0.6 is 23.1 Å². The Bertz CT molecular complexity index is 1250. The van der Waals surface area contributed by atoms with E-state index in [-0.39, 0.29) is 5.24 Å². The van der Waals surface area contributed by atoms with Crippen LogP contribution in [0.4, 0.5) is 4.79 Å². The largest absolute Gasteiger partial charge is 0.462 e. The van der Waals surface area contributed by atoms with Gasteiger partial charge in [0.05, 0.1) is 22.6 Å². The molecule has 4 aromatic rings. The van der Waals surface area contributed by atoms with Gasteiger partial charge in [-0.05, 0) is 36.9 Å². The van der Waals surface area contributed by atoms with E-state index in [1.54, 1.807) is 22.9 Å². The molecular weight excluding hydrogens is 396 g/mol. The van der Waals surface area contributed by atoms with Crippen molar-refractivity contribution >= 4 is 45.3 Å². The Morgan fingerprint density at radius 1 is 1.18 bits per heavy atom. The van der Waals surface area contributed by atoms with Crippen molar-refractivity contribution in [3.05, 3.63) is 58.8 Å². The maximum Gasteiger partial charge on any atom is 0.290 e. The molecule has 3 aromatic heterocycles. The van der Waals surface area contributed by atoms with Crippen molar-refractivity contribution < 1.29 is 14.0 Å². The van der Waals surface area contributed by atoms with E-state index in [1.165, 1.54) is 11.3 Å². The molecule has 28 heavy (non-hydrogen) atoms. The summed E-state index contributed by atoms with van der Waals surface area (Å²) in [6.45, 7) is 2.01. The van der Waals surface area contributed by atoms with Gasteiger partial charge in [0, 0.05) is 5.56 Å². The number of furan rings is 1. The molecule has 0 spiro atoms. The summed E-state index contributed by atoms with van der Waals surface area (Å²) >= 11 is 2.26. The molecule has 0 atom stereocenters. The summed E-state index contributed by atoms with van der Waals surface area (Å²) < 4.78 is 7.11. The lowest BCUT2D eigenvalue weighted by molar-refractivity contribution is -0.115. The number of hydrogen-bond acceptors (Lipinski definition) is 7. The van der Waals surface area contributed by atoms with Crippen molar-refractivity contribution in [2.24, 2.45) is 0 Å². The molecule has 0 unspecified atom stereocenters. The van der Waals surface area contributed by atoms with Gasteiger partial charge in [0.2, 0.25) is 4.96 Å². The highest BCUT2D eigenvalue weighted by Crippen LogP contribution is 2.34. The average molecular weight is 408 g/mol. The number of nitrogens with one attached hydrogen (secondary N) is 1. The van der Waals surface area contributed by atoms with Gasteiger partial charge >= 0.3 is 0 Å². The number of thioether (sulfide) groups is 1. The first-order chi connectivity index (χ1) is 13.6. The maximum atomic E-state index is 12.0. The number of aryl methyl sites for hydroxylation is 1. The second kappa shape index (κ2) is 6.47. The van der Waals surface area contributed by atoms with Crippen molar-refractivity contribution in [3.63, 3.8) is 0 Å². The van der Waals surface area contributed by atoms with E-state index in [9.17, 15) is 9.59 Å². The SMILES string of the molecule is Cc1ccc(-c2nc3sc(-c4ccco4)nn3c2/C=C2\SC(=O)NC2=O)cc1. The second-order valence-electron chi connectivity index (χ2n) is 6.14. The van der Waals surface area contributed by atoms with E-state index < -0.39 is 5.91 Å². The maximum absolute atomic E-state index is 12.0. The zero-order valence-electron chi connectivity index (χ0n) is 14.5. The summed E-state index contributed by atoms with van der Waals surface area (Å²) in [7, 11) is 0. The van der Waals surface area contributed by atoms with E-state index >= 15 is 0 Å². The van der Waals surface area contributed by atoms with Crippen molar-refractivity contribution in [3.8, 4) is 22.0 Å². The van der Waals surface area contributed by atoms with E-state index in [0.29, 0.717) is 32.0 Å². The molecule has 1 fully saturated rings. The van der Waals surface area contributed by atoms with Gasteiger partial charge in [-0.15, -0.1) is 0 Å². The topological polar surface area (TPSA) is 89.5 Å². The Balaban J connectivity index is 1.71. The summed E-state index contributed by atoms with van der Waals surface area (Å²) in [5.74, 6) is 0.232. The van der Waals surface area contributed by atoms with Crippen LogP contribution in [0.5, 0.6) is 0 Å². The van der Waals surface area contributed by atoms with Gasteiger partial charge in [0.25, 0.3) is 11.1 Å². The Kier molecular flexibility index (Phi) is 3.92. The Morgan fingerprint density at radius 3 is 2.68 bits per heavy atom. The van der Waals surface area contributed by atoms with Crippen LogP contribution in [0.3, 0.4) is 0 Å². The molecule has 0 radical (unpaired) electrons. The monoisotopic (exact) mass is 408 g/mol. The average Bonchev–Trinajstić information content (AvgIpc) is 3.42. The van der Waals surface area contributed by atoms with E-state index in [1.807, 2.05) is 37.3 Å². The molecular formula is C19H12N4O3S2. The fraction of sp³-hybridized carbons (Fsp3) is 0.0526. The standard InChI is InChI=1S/C19H12N4O3S2/c1-10-4-6-11(7-5-10)15-12(9-14-16(24)21-19(25)27-14)23-18(20-15)28-17(22-23)13-3-2-8-26-13/h2-9H,1H3,(H,21,24,25)/b14-9-. The third-order valence-corrected chi connectivity index (χ3v) is 5.94. The van der Waals surface area contributed by atoms with Gasteiger partial charge in [0.1, 0.15) is 0 Å². The number of hydrogen-bond donors (Lipinski definition) is 1. The quantitative estimate of drug-likeness (QED) is 0.507. The Morgan fingerprint density at radius 2 is 2.00 bits per heavy atom. The number of carbonyl (C=O) groups excluding carboxylic acids is 2. The van der Waals surface area contributed by atoms with Crippen LogP contribution in [0.1, 0.15) is 11.3 Å². The van der Waals surface area contributed by atoms with E-state index in [0.717, 1.165) is 22.9 Å². The number of fused-ring (bicyclic) bond motifs is 1. The zero-order chi connectivity index (χ0) is 19.3. The number of amides is 2. The van der Waals surface area contributed by atoms with Gasteiger partial charge in [0.15, 0.2) is 10.8 Å². The van der Waals surface area contributed by atoms with Crippen LogP contribution in [0, 0.1) is 6.92 Å². The summed E-state index contributed by atoms with van der Waals surface area (Å²) in [5.41, 5.74) is 3.38.